The Bertz CT molecular complexity index is 408. The molecule has 0 aliphatic rings. The Morgan fingerprint density at radius 3 is 2.59 bits per heavy atom. The Balaban J connectivity index is 2.92. The van der Waals surface area contributed by atoms with Crippen LogP contribution in [0.3, 0.4) is 0 Å². The standard InChI is InChI=1S/C10H17N5O2/c1-13(2)4-5-14(3)10-9(15(16)17)6-8(11)7-12-10/h6-7H,4-5,11H2,1-3H3. The first kappa shape index (κ1) is 13.2. The maximum atomic E-state index is 10.9. The summed E-state index contributed by atoms with van der Waals surface area (Å²) in [6.45, 7) is 1.45. The predicted octanol–water partition coefficient (Wildman–Crippen LogP) is 0.570. The van der Waals surface area contributed by atoms with Crippen molar-refractivity contribution in [1.29, 1.82) is 0 Å². The van der Waals surface area contributed by atoms with Gasteiger partial charge in [0.05, 0.1) is 16.8 Å². The predicted molar refractivity (Wildman–Crippen MR) is 67.1 cm³/mol. The molecule has 0 saturated heterocycles. The van der Waals surface area contributed by atoms with E-state index in [9.17, 15) is 10.1 Å². The van der Waals surface area contributed by atoms with E-state index in [-0.39, 0.29) is 5.69 Å². The molecular weight excluding hydrogens is 222 g/mol. The molecule has 0 fully saturated rings. The lowest BCUT2D eigenvalue weighted by Gasteiger charge is -2.20. The molecule has 2 N–H and O–H groups in total. The van der Waals surface area contributed by atoms with Gasteiger partial charge in [-0.2, -0.15) is 0 Å². The van der Waals surface area contributed by atoms with E-state index < -0.39 is 4.92 Å². The van der Waals surface area contributed by atoms with Crippen molar-refractivity contribution in [1.82, 2.24) is 9.88 Å². The van der Waals surface area contributed by atoms with E-state index in [1.54, 1.807) is 11.9 Å². The van der Waals surface area contributed by atoms with Gasteiger partial charge < -0.3 is 15.5 Å². The van der Waals surface area contributed by atoms with Crippen molar-refractivity contribution in [3.05, 3.63) is 22.4 Å². The zero-order valence-electron chi connectivity index (χ0n) is 10.3. The molecule has 94 valence electrons. The summed E-state index contributed by atoms with van der Waals surface area (Å²) < 4.78 is 0. The van der Waals surface area contributed by atoms with E-state index in [0.717, 1.165) is 6.54 Å². The van der Waals surface area contributed by atoms with Crippen LogP contribution in [0, 0.1) is 10.1 Å². The molecule has 0 spiro atoms. The van der Waals surface area contributed by atoms with Gasteiger partial charge in [0.15, 0.2) is 0 Å². The highest BCUT2D eigenvalue weighted by Gasteiger charge is 2.19. The molecule has 17 heavy (non-hydrogen) atoms. The molecule has 0 radical (unpaired) electrons. The van der Waals surface area contributed by atoms with Crippen LogP contribution in [0.4, 0.5) is 17.2 Å². The minimum atomic E-state index is -0.467. The fourth-order valence-corrected chi connectivity index (χ4v) is 1.35. The topological polar surface area (TPSA) is 88.5 Å². The summed E-state index contributed by atoms with van der Waals surface area (Å²) in [5, 5.41) is 10.9. The largest absolute Gasteiger partial charge is 0.397 e. The molecule has 1 aromatic heterocycles. The number of pyridine rings is 1. The lowest BCUT2D eigenvalue weighted by atomic mass is 10.3. The summed E-state index contributed by atoms with van der Waals surface area (Å²) in [6.07, 6.45) is 1.43. The smallest absolute Gasteiger partial charge is 0.313 e. The van der Waals surface area contributed by atoms with Gasteiger partial charge in [-0.15, -0.1) is 0 Å². The van der Waals surface area contributed by atoms with Gasteiger partial charge in [-0.3, -0.25) is 10.1 Å². The summed E-state index contributed by atoms with van der Waals surface area (Å²) in [5.74, 6) is 0.339. The number of likely N-dealkylation sites (N-methyl/N-ethyl adjacent to an activating group) is 2. The van der Waals surface area contributed by atoms with Crippen LogP contribution in [-0.2, 0) is 0 Å². The maximum Gasteiger partial charge on any atom is 0.313 e. The average Bonchev–Trinajstić information content (AvgIpc) is 2.25. The van der Waals surface area contributed by atoms with Crippen LogP contribution in [0.15, 0.2) is 12.3 Å². The summed E-state index contributed by atoms with van der Waals surface area (Å²) in [5.41, 5.74) is 5.72. The maximum absolute atomic E-state index is 10.9. The third-order valence-electron chi connectivity index (χ3n) is 2.31. The molecule has 0 aliphatic carbocycles. The average molecular weight is 239 g/mol. The Labute approximate surface area is 100.0 Å². The minimum absolute atomic E-state index is 0.0637. The normalized spacial score (nSPS) is 10.6. The molecule has 0 saturated carbocycles. The fourth-order valence-electron chi connectivity index (χ4n) is 1.35. The summed E-state index contributed by atoms with van der Waals surface area (Å²) in [7, 11) is 5.66. The minimum Gasteiger partial charge on any atom is -0.397 e. The zero-order chi connectivity index (χ0) is 13.0. The van der Waals surface area contributed by atoms with Crippen LogP contribution >= 0.6 is 0 Å². The zero-order valence-corrected chi connectivity index (χ0v) is 10.3. The Morgan fingerprint density at radius 2 is 2.06 bits per heavy atom. The number of nitrogens with two attached hydrogens (primary N) is 1. The van der Waals surface area contributed by atoms with E-state index in [0.29, 0.717) is 18.1 Å². The second kappa shape index (κ2) is 5.44. The quantitative estimate of drug-likeness (QED) is 0.597. The Kier molecular flexibility index (Phi) is 4.22. The van der Waals surface area contributed by atoms with E-state index in [1.807, 2.05) is 19.0 Å². The van der Waals surface area contributed by atoms with Crippen molar-refractivity contribution in [3.63, 3.8) is 0 Å². The van der Waals surface area contributed by atoms with Gasteiger partial charge >= 0.3 is 5.69 Å². The van der Waals surface area contributed by atoms with Crippen LogP contribution in [0.2, 0.25) is 0 Å². The molecular formula is C10H17N5O2. The van der Waals surface area contributed by atoms with Crippen LogP contribution < -0.4 is 10.6 Å². The van der Waals surface area contributed by atoms with Crippen molar-refractivity contribution in [2.75, 3.05) is 44.9 Å². The highest BCUT2D eigenvalue weighted by atomic mass is 16.6. The second-order valence-corrected chi connectivity index (χ2v) is 4.09. The van der Waals surface area contributed by atoms with Gasteiger partial charge in [-0.25, -0.2) is 4.98 Å². The monoisotopic (exact) mass is 239 g/mol. The Morgan fingerprint density at radius 1 is 1.41 bits per heavy atom. The third-order valence-corrected chi connectivity index (χ3v) is 2.31. The second-order valence-electron chi connectivity index (χ2n) is 4.09. The lowest BCUT2D eigenvalue weighted by molar-refractivity contribution is -0.384. The van der Waals surface area contributed by atoms with Gasteiger partial charge in [0.1, 0.15) is 0 Å². The SMILES string of the molecule is CN(C)CCN(C)c1ncc(N)cc1[N+](=O)[O-]. The van der Waals surface area contributed by atoms with Crippen LogP contribution in [0.1, 0.15) is 0 Å². The summed E-state index contributed by atoms with van der Waals surface area (Å²) >= 11 is 0. The fraction of sp³-hybridized carbons (Fsp3) is 0.500. The molecule has 1 rings (SSSR count). The van der Waals surface area contributed by atoms with E-state index in [1.165, 1.54) is 12.3 Å². The van der Waals surface area contributed by atoms with Crippen molar-refractivity contribution in [3.8, 4) is 0 Å². The van der Waals surface area contributed by atoms with Gasteiger partial charge in [-0.05, 0) is 14.1 Å². The van der Waals surface area contributed by atoms with Gasteiger partial charge in [-0.1, -0.05) is 0 Å². The van der Waals surface area contributed by atoms with Crippen molar-refractivity contribution >= 4 is 17.2 Å². The van der Waals surface area contributed by atoms with E-state index in [2.05, 4.69) is 4.98 Å². The van der Waals surface area contributed by atoms with Crippen molar-refractivity contribution in [2.45, 2.75) is 0 Å². The van der Waals surface area contributed by atoms with E-state index in [4.69, 9.17) is 5.73 Å². The molecule has 0 unspecified atom stereocenters. The summed E-state index contributed by atoms with van der Waals surface area (Å²) in [4.78, 5) is 18.2. The number of aromatic nitrogens is 1. The molecule has 1 heterocycles. The number of anilines is 2. The third kappa shape index (κ3) is 3.56. The van der Waals surface area contributed by atoms with Gasteiger partial charge in [0.25, 0.3) is 0 Å². The van der Waals surface area contributed by atoms with Crippen LogP contribution in [0.5, 0.6) is 0 Å². The molecule has 0 aromatic carbocycles. The molecule has 0 amide bonds. The molecule has 0 atom stereocenters. The number of nitrogens with zero attached hydrogens (tertiary/aromatic N) is 4. The van der Waals surface area contributed by atoms with Crippen LogP contribution in [0.25, 0.3) is 0 Å². The highest BCUT2D eigenvalue weighted by molar-refractivity contribution is 5.62. The molecule has 0 aliphatic heterocycles. The van der Waals surface area contributed by atoms with Crippen molar-refractivity contribution < 1.29 is 4.92 Å². The Hall–Kier alpha value is -1.89. The van der Waals surface area contributed by atoms with E-state index >= 15 is 0 Å². The number of hydrogen-bond donors (Lipinski definition) is 1. The van der Waals surface area contributed by atoms with Gasteiger partial charge in [0, 0.05) is 26.2 Å². The summed E-state index contributed by atoms with van der Waals surface area (Å²) in [6, 6.07) is 1.33. The van der Waals surface area contributed by atoms with Crippen molar-refractivity contribution in [2.24, 2.45) is 0 Å². The van der Waals surface area contributed by atoms with Gasteiger partial charge in [0.2, 0.25) is 5.82 Å². The first-order valence-electron chi connectivity index (χ1n) is 5.17. The lowest BCUT2D eigenvalue weighted by Crippen LogP contribution is -2.29. The molecule has 0 bridgehead atoms. The highest BCUT2D eigenvalue weighted by Crippen LogP contribution is 2.26. The first-order chi connectivity index (χ1) is 7.91. The molecule has 1 aromatic rings. The number of hydrogen-bond acceptors (Lipinski definition) is 6. The first-order valence-corrected chi connectivity index (χ1v) is 5.17. The van der Waals surface area contributed by atoms with Crippen LogP contribution in [-0.4, -0.2) is 49.0 Å². The number of nitro groups is 1. The number of nitrogen functional groups attached to an aromatic ring is 1. The molecule has 7 heteroatoms. The molecule has 7 nitrogen and oxygen atoms in total. The number of rotatable bonds is 5.